The van der Waals surface area contributed by atoms with Gasteiger partial charge >= 0.3 is 0 Å². The van der Waals surface area contributed by atoms with Crippen LogP contribution in [0.15, 0.2) is 45.8 Å². The molecule has 2 aromatic carbocycles. The molecule has 1 fully saturated rings. The predicted molar refractivity (Wildman–Crippen MR) is 106 cm³/mol. The van der Waals surface area contributed by atoms with Crippen LogP contribution in [0.25, 0.3) is 6.08 Å². The third kappa shape index (κ3) is 3.88. The highest BCUT2D eigenvalue weighted by Gasteiger charge is 2.35. The third-order valence-electron chi connectivity index (χ3n) is 4.14. The summed E-state index contributed by atoms with van der Waals surface area (Å²) < 4.78 is 0.968. The standard InChI is InChI=1S/C20H18BrNO2S/c1-12-8-13(2)17(14(3)9-12)10-18-19(23)22(20(24)25-18)11-15-4-6-16(21)7-5-15/h4-10H,11H2,1-3H3/b18-10-. The molecule has 1 heterocycles. The summed E-state index contributed by atoms with van der Waals surface area (Å²) in [6.45, 7) is 6.40. The molecule has 0 spiro atoms. The van der Waals surface area contributed by atoms with Crippen molar-refractivity contribution in [1.82, 2.24) is 4.90 Å². The van der Waals surface area contributed by atoms with E-state index in [9.17, 15) is 9.59 Å². The van der Waals surface area contributed by atoms with E-state index < -0.39 is 0 Å². The molecule has 3 nitrogen and oxygen atoms in total. The molecule has 1 aliphatic heterocycles. The number of nitrogens with zero attached hydrogens (tertiary/aromatic N) is 1. The monoisotopic (exact) mass is 415 g/mol. The molecule has 128 valence electrons. The fourth-order valence-corrected chi connectivity index (χ4v) is 4.04. The van der Waals surface area contributed by atoms with Crippen molar-refractivity contribution in [3.63, 3.8) is 0 Å². The first-order valence-electron chi connectivity index (χ1n) is 7.93. The van der Waals surface area contributed by atoms with Crippen LogP contribution in [-0.4, -0.2) is 16.0 Å². The van der Waals surface area contributed by atoms with Crippen LogP contribution in [0, 0.1) is 20.8 Å². The molecule has 3 rings (SSSR count). The van der Waals surface area contributed by atoms with Crippen LogP contribution in [-0.2, 0) is 11.3 Å². The maximum Gasteiger partial charge on any atom is 0.293 e. The molecule has 0 N–H and O–H groups in total. The molecule has 2 aromatic rings. The Labute approximate surface area is 160 Å². The van der Waals surface area contributed by atoms with Gasteiger partial charge in [-0.2, -0.15) is 0 Å². The number of halogens is 1. The number of hydrogen-bond donors (Lipinski definition) is 0. The molecule has 0 atom stereocenters. The summed E-state index contributed by atoms with van der Waals surface area (Å²) in [4.78, 5) is 26.8. The average molecular weight is 416 g/mol. The number of benzene rings is 2. The van der Waals surface area contributed by atoms with Gasteiger partial charge in [0.15, 0.2) is 0 Å². The van der Waals surface area contributed by atoms with Crippen molar-refractivity contribution in [2.45, 2.75) is 27.3 Å². The molecule has 0 bridgehead atoms. The van der Waals surface area contributed by atoms with Gasteiger partial charge in [0.25, 0.3) is 11.1 Å². The minimum atomic E-state index is -0.225. The summed E-state index contributed by atoms with van der Waals surface area (Å²) in [5, 5.41) is -0.221. The van der Waals surface area contributed by atoms with Crippen LogP contribution in [0.5, 0.6) is 0 Å². The quantitative estimate of drug-likeness (QED) is 0.611. The van der Waals surface area contributed by atoms with Gasteiger partial charge in [-0.25, -0.2) is 0 Å². The molecule has 0 unspecified atom stereocenters. The normalized spacial score (nSPS) is 16.2. The highest BCUT2D eigenvalue weighted by atomic mass is 79.9. The first-order chi connectivity index (χ1) is 11.8. The van der Waals surface area contributed by atoms with Crippen LogP contribution in [0.1, 0.15) is 27.8 Å². The summed E-state index contributed by atoms with van der Waals surface area (Å²) in [5.41, 5.74) is 5.35. The number of carbonyl (C=O) groups excluding carboxylic acids is 2. The summed E-state index contributed by atoms with van der Waals surface area (Å²) in [5.74, 6) is -0.225. The number of aryl methyl sites for hydroxylation is 3. The van der Waals surface area contributed by atoms with E-state index in [1.54, 1.807) is 0 Å². The lowest BCUT2D eigenvalue weighted by atomic mass is 9.99. The first-order valence-corrected chi connectivity index (χ1v) is 9.54. The minimum Gasteiger partial charge on any atom is -0.268 e. The van der Waals surface area contributed by atoms with Crippen LogP contribution < -0.4 is 0 Å². The second kappa shape index (κ2) is 7.18. The Bertz CT molecular complexity index is 864. The zero-order valence-electron chi connectivity index (χ0n) is 14.3. The first kappa shape index (κ1) is 18.0. The van der Waals surface area contributed by atoms with Gasteiger partial charge in [-0.1, -0.05) is 45.8 Å². The number of thioether (sulfide) groups is 1. The van der Waals surface area contributed by atoms with Gasteiger partial charge in [0.2, 0.25) is 0 Å². The second-order valence-corrected chi connectivity index (χ2v) is 8.12. The fourth-order valence-electron chi connectivity index (χ4n) is 2.96. The molecule has 0 aliphatic carbocycles. The molecule has 0 radical (unpaired) electrons. The lowest BCUT2D eigenvalue weighted by molar-refractivity contribution is -0.123. The van der Waals surface area contributed by atoms with Crippen molar-refractivity contribution >= 4 is 44.9 Å². The number of imide groups is 1. The fraction of sp³-hybridized carbons (Fsp3) is 0.200. The van der Waals surface area contributed by atoms with Crippen LogP contribution >= 0.6 is 27.7 Å². The van der Waals surface area contributed by atoms with Crippen LogP contribution in [0.3, 0.4) is 0 Å². The lowest BCUT2D eigenvalue weighted by Crippen LogP contribution is -2.27. The number of rotatable bonds is 3. The zero-order chi connectivity index (χ0) is 18.1. The topological polar surface area (TPSA) is 37.4 Å². The van der Waals surface area contributed by atoms with Crippen molar-refractivity contribution in [2.75, 3.05) is 0 Å². The van der Waals surface area contributed by atoms with Crippen molar-refractivity contribution in [2.24, 2.45) is 0 Å². The van der Waals surface area contributed by atoms with Gasteiger partial charge in [0.1, 0.15) is 0 Å². The van der Waals surface area contributed by atoms with Crippen LogP contribution in [0.4, 0.5) is 4.79 Å². The Morgan fingerprint density at radius 3 is 2.24 bits per heavy atom. The smallest absolute Gasteiger partial charge is 0.268 e. The minimum absolute atomic E-state index is 0.221. The third-order valence-corrected chi connectivity index (χ3v) is 5.58. The van der Waals surface area contributed by atoms with E-state index in [1.165, 1.54) is 10.5 Å². The highest BCUT2D eigenvalue weighted by Crippen LogP contribution is 2.34. The maximum atomic E-state index is 12.7. The van der Waals surface area contributed by atoms with Gasteiger partial charge in [-0.3, -0.25) is 14.5 Å². The van der Waals surface area contributed by atoms with E-state index in [1.807, 2.05) is 44.2 Å². The molecular formula is C20H18BrNO2S. The summed E-state index contributed by atoms with van der Waals surface area (Å²) in [7, 11) is 0. The van der Waals surface area contributed by atoms with E-state index in [0.29, 0.717) is 11.4 Å². The zero-order valence-corrected chi connectivity index (χ0v) is 16.7. The molecule has 0 aromatic heterocycles. The van der Waals surface area contributed by atoms with Crippen molar-refractivity contribution in [3.05, 3.63) is 73.6 Å². The van der Waals surface area contributed by atoms with E-state index in [-0.39, 0.29) is 11.1 Å². The highest BCUT2D eigenvalue weighted by molar-refractivity contribution is 9.10. The van der Waals surface area contributed by atoms with Crippen LogP contribution in [0.2, 0.25) is 0 Å². The Hall–Kier alpha value is -1.85. The van der Waals surface area contributed by atoms with Crippen molar-refractivity contribution in [3.8, 4) is 0 Å². The average Bonchev–Trinajstić information content (AvgIpc) is 2.80. The number of amides is 2. The van der Waals surface area contributed by atoms with Crippen molar-refractivity contribution in [1.29, 1.82) is 0 Å². The molecule has 1 aliphatic rings. The summed E-state index contributed by atoms with van der Waals surface area (Å²) in [6.07, 6.45) is 1.84. The van der Waals surface area contributed by atoms with E-state index in [0.717, 1.165) is 38.5 Å². The largest absolute Gasteiger partial charge is 0.293 e. The molecule has 1 saturated heterocycles. The van der Waals surface area contributed by atoms with E-state index >= 15 is 0 Å². The van der Waals surface area contributed by atoms with E-state index in [2.05, 4.69) is 35.0 Å². The Balaban J connectivity index is 1.87. The number of hydrogen-bond acceptors (Lipinski definition) is 3. The molecule has 0 saturated carbocycles. The second-order valence-electron chi connectivity index (χ2n) is 6.21. The SMILES string of the molecule is Cc1cc(C)c(/C=C2\SC(=O)N(Cc3ccc(Br)cc3)C2=O)c(C)c1. The molecule has 2 amide bonds. The number of carbonyl (C=O) groups is 2. The van der Waals surface area contributed by atoms with Gasteiger partial charge in [-0.15, -0.1) is 0 Å². The summed E-state index contributed by atoms with van der Waals surface area (Å²) >= 11 is 4.40. The lowest BCUT2D eigenvalue weighted by Gasteiger charge is -2.12. The predicted octanol–water partition coefficient (Wildman–Crippen LogP) is 5.61. The Morgan fingerprint density at radius 2 is 1.64 bits per heavy atom. The van der Waals surface area contributed by atoms with Gasteiger partial charge in [-0.05, 0) is 73.0 Å². The Morgan fingerprint density at radius 1 is 1.04 bits per heavy atom. The maximum absolute atomic E-state index is 12.7. The van der Waals surface area contributed by atoms with E-state index in [4.69, 9.17) is 0 Å². The molecular weight excluding hydrogens is 398 g/mol. The van der Waals surface area contributed by atoms with Gasteiger partial charge < -0.3 is 0 Å². The summed E-state index contributed by atoms with van der Waals surface area (Å²) in [6, 6.07) is 11.8. The molecule has 5 heteroatoms. The van der Waals surface area contributed by atoms with Crippen molar-refractivity contribution < 1.29 is 9.59 Å². The molecule has 25 heavy (non-hydrogen) atoms. The van der Waals surface area contributed by atoms with Gasteiger partial charge in [0, 0.05) is 4.47 Å². The van der Waals surface area contributed by atoms with Gasteiger partial charge in [0.05, 0.1) is 11.4 Å². The Kier molecular flexibility index (Phi) is 5.16.